The molecule has 150 valence electrons. The second-order valence-electron chi connectivity index (χ2n) is 7.86. The molecule has 1 saturated carbocycles. The molecule has 2 heterocycles. The van der Waals surface area contributed by atoms with Gasteiger partial charge in [-0.25, -0.2) is 13.4 Å². The van der Waals surface area contributed by atoms with E-state index < -0.39 is 9.84 Å². The summed E-state index contributed by atoms with van der Waals surface area (Å²) in [5.41, 5.74) is 0.380. The number of aromatic nitrogens is 2. The van der Waals surface area contributed by atoms with Crippen molar-refractivity contribution in [2.24, 2.45) is 0 Å². The van der Waals surface area contributed by atoms with Crippen molar-refractivity contribution in [3.05, 3.63) is 40.4 Å². The summed E-state index contributed by atoms with van der Waals surface area (Å²) in [5.74, 6) is 0.461. The van der Waals surface area contributed by atoms with E-state index in [-0.39, 0.29) is 41.6 Å². The summed E-state index contributed by atoms with van der Waals surface area (Å²) in [6, 6.07) is 6.88. The van der Waals surface area contributed by atoms with Crippen molar-refractivity contribution in [1.29, 1.82) is 0 Å². The molecule has 1 aromatic carbocycles. The number of hydrogen-bond donors (Lipinski definition) is 0. The molecule has 1 amide bonds. The van der Waals surface area contributed by atoms with Crippen LogP contribution in [0.15, 0.2) is 29.1 Å². The number of sulfone groups is 1. The number of para-hydroxylation sites is 1. The van der Waals surface area contributed by atoms with Gasteiger partial charge in [0.1, 0.15) is 12.4 Å². The number of hydrogen-bond acceptors (Lipinski definition) is 5. The van der Waals surface area contributed by atoms with Gasteiger partial charge in [0.2, 0.25) is 5.91 Å². The van der Waals surface area contributed by atoms with Crippen LogP contribution in [0.25, 0.3) is 10.9 Å². The molecule has 0 spiro atoms. The Morgan fingerprint density at radius 2 is 1.89 bits per heavy atom. The van der Waals surface area contributed by atoms with Gasteiger partial charge in [0.05, 0.1) is 22.4 Å². The van der Waals surface area contributed by atoms with Gasteiger partial charge in [0, 0.05) is 12.1 Å². The topological polar surface area (TPSA) is 89.3 Å². The lowest BCUT2D eigenvalue weighted by atomic mass is 10.1. The summed E-state index contributed by atoms with van der Waals surface area (Å²) in [6.45, 7) is 1.62. The van der Waals surface area contributed by atoms with Crippen molar-refractivity contribution in [1.82, 2.24) is 14.5 Å². The van der Waals surface area contributed by atoms with E-state index in [4.69, 9.17) is 0 Å². The van der Waals surface area contributed by atoms with Gasteiger partial charge in [-0.3, -0.25) is 14.2 Å². The lowest BCUT2D eigenvalue weighted by Crippen LogP contribution is -2.49. The minimum atomic E-state index is -3.10. The van der Waals surface area contributed by atoms with E-state index in [2.05, 4.69) is 4.98 Å². The SMILES string of the molecule is Cc1nc2ccccc2c(=O)n1CC(=O)N(C1CCCC1)[C@@H]1CCS(=O)(=O)C1. The smallest absolute Gasteiger partial charge is 0.261 e. The summed E-state index contributed by atoms with van der Waals surface area (Å²) >= 11 is 0. The lowest BCUT2D eigenvalue weighted by molar-refractivity contribution is -0.136. The van der Waals surface area contributed by atoms with Gasteiger partial charge in [-0.2, -0.15) is 0 Å². The van der Waals surface area contributed by atoms with Crippen LogP contribution in [0, 0.1) is 6.92 Å². The lowest BCUT2D eigenvalue weighted by Gasteiger charge is -2.34. The van der Waals surface area contributed by atoms with Gasteiger partial charge in [-0.1, -0.05) is 25.0 Å². The minimum Gasteiger partial charge on any atom is -0.334 e. The molecule has 2 aliphatic rings. The first-order valence-electron chi connectivity index (χ1n) is 9.83. The van der Waals surface area contributed by atoms with Crippen LogP contribution in [0.5, 0.6) is 0 Å². The average molecular weight is 404 g/mol. The summed E-state index contributed by atoms with van der Waals surface area (Å²) in [4.78, 5) is 32.4. The van der Waals surface area contributed by atoms with Crippen LogP contribution in [-0.4, -0.2) is 52.4 Å². The third-order valence-electron chi connectivity index (χ3n) is 5.95. The number of amides is 1. The zero-order valence-electron chi connectivity index (χ0n) is 16.0. The first-order valence-corrected chi connectivity index (χ1v) is 11.7. The molecule has 7 nitrogen and oxygen atoms in total. The molecule has 28 heavy (non-hydrogen) atoms. The van der Waals surface area contributed by atoms with E-state index in [9.17, 15) is 18.0 Å². The van der Waals surface area contributed by atoms with E-state index >= 15 is 0 Å². The predicted molar refractivity (Wildman–Crippen MR) is 107 cm³/mol. The molecule has 1 saturated heterocycles. The Labute approximate surface area is 164 Å². The molecule has 2 aromatic rings. The van der Waals surface area contributed by atoms with Gasteiger partial charge < -0.3 is 4.90 Å². The fourth-order valence-corrected chi connectivity index (χ4v) is 6.28. The van der Waals surface area contributed by atoms with Crippen LogP contribution >= 0.6 is 0 Å². The minimum absolute atomic E-state index is 0.0269. The van der Waals surface area contributed by atoms with Gasteiger partial charge in [0.25, 0.3) is 5.56 Å². The van der Waals surface area contributed by atoms with Gasteiger partial charge >= 0.3 is 0 Å². The normalized spacial score (nSPS) is 22.0. The van der Waals surface area contributed by atoms with E-state index in [0.29, 0.717) is 23.1 Å². The average Bonchev–Trinajstić information content (AvgIpc) is 3.29. The van der Waals surface area contributed by atoms with Crippen LogP contribution in [-0.2, 0) is 21.2 Å². The standard InChI is InChI=1S/C20H25N3O4S/c1-14-21-18-9-5-4-8-17(18)20(25)22(14)12-19(24)23(15-6-2-3-7-15)16-10-11-28(26,27)13-16/h4-5,8-9,15-16H,2-3,6-7,10-13H2,1H3/t16-/m1/s1. The highest BCUT2D eigenvalue weighted by Crippen LogP contribution is 2.29. The van der Waals surface area contributed by atoms with Crippen LogP contribution in [0.4, 0.5) is 0 Å². The van der Waals surface area contributed by atoms with E-state index in [1.165, 1.54) is 4.57 Å². The Morgan fingerprint density at radius 3 is 2.57 bits per heavy atom. The Morgan fingerprint density at radius 1 is 1.18 bits per heavy atom. The van der Waals surface area contributed by atoms with Crippen molar-refractivity contribution < 1.29 is 13.2 Å². The predicted octanol–water partition coefficient (Wildman–Crippen LogP) is 1.66. The number of rotatable bonds is 4. The van der Waals surface area contributed by atoms with Gasteiger partial charge in [-0.05, 0) is 38.3 Å². The maximum atomic E-state index is 13.3. The largest absolute Gasteiger partial charge is 0.334 e. The second kappa shape index (κ2) is 7.31. The number of fused-ring (bicyclic) bond motifs is 1. The number of nitrogens with zero attached hydrogens (tertiary/aromatic N) is 3. The number of carbonyl (C=O) groups excluding carboxylic acids is 1. The monoisotopic (exact) mass is 403 g/mol. The van der Waals surface area contributed by atoms with Gasteiger partial charge in [-0.15, -0.1) is 0 Å². The first kappa shape index (κ1) is 19.1. The molecule has 0 radical (unpaired) electrons. The molecule has 1 aliphatic heterocycles. The molecular formula is C20H25N3O4S. The van der Waals surface area contributed by atoms with Crippen LogP contribution < -0.4 is 5.56 Å². The molecule has 4 rings (SSSR count). The Balaban J connectivity index is 1.66. The summed E-state index contributed by atoms with van der Waals surface area (Å²) < 4.78 is 25.4. The third kappa shape index (κ3) is 3.57. The van der Waals surface area contributed by atoms with Gasteiger partial charge in [0.15, 0.2) is 9.84 Å². The third-order valence-corrected chi connectivity index (χ3v) is 7.70. The van der Waals surface area contributed by atoms with Crippen molar-refractivity contribution in [2.45, 2.75) is 57.7 Å². The number of carbonyl (C=O) groups is 1. The zero-order chi connectivity index (χ0) is 19.9. The summed E-state index contributed by atoms with van der Waals surface area (Å²) in [5, 5.41) is 0.483. The Hall–Kier alpha value is -2.22. The van der Waals surface area contributed by atoms with Crippen molar-refractivity contribution >= 4 is 26.6 Å². The number of aryl methyl sites for hydroxylation is 1. The highest BCUT2D eigenvalue weighted by Gasteiger charge is 2.39. The highest BCUT2D eigenvalue weighted by atomic mass is 32.2. The van der Waals surface area contributed by atoms with Crippen molar-refractivity contribution in [3.8, 4) is 0 Å². The van der Waals surface area contributed by atoms with Crippen LogP contribution in [0.3, 0.4) is 0 Å². The molecule has 8 heteroatoms. The molecule has 1 aliphatic carbocycles. The maximum Gasteiger partial charge on any atom is 0.261 e. The molecule has 1 atom stereocenters. The fraction of sp³-hybridized carbons (Fsp3) is 0.550. The summed E-state index contributed by atoms with van der Waals surface area (Å²) in [7, 11) is -3.10. The first-order chi connectivity index (χ1) is 13.4. The summed E-state index contributed by atoms with van der Waals surface area (Å²) in [6.07, 6.45) is 4.36. The molecule has 1 aromatic heterocycles. The Bertz CT molecular complexity index is 1070. The fourth-order valence-electron chi connectivity index (χ4n) is 4.56. The maximum absolute atomic E-state index is 13.3. The molecule has 0 N–H and O–H groups in total. The molecule has 0 bridgehead atoms. The van der Waals surface area contributed by atoms with Crippen LogP contribution in [0.2, 0.25) is 0 Å². The van der Waals surface area contributed by atoms with Crippen molar-refractivity contribution in [2.75, 3.05) is 11.5 Å². The number of benzene rings is 1. The molecule has 2 fully saturated rings. The second-order valence-corrected chi connectivity index (χ2v) is 10.1. The molecule has 0 unspecified atom stereocenters. The quantitative estimate of drug-likeness (QED) is 0.775. The molecular weight excluding hydrogens is 378 g/mol. The van der Waals surface area contributed by atoms with E-state index in [0.717, 1.165) is 25.7 Å². The Kier molecular flexibility index (Phi) is 4.99. The zero-order valence-corrected chi connectivity index (χ0v) is 16.8. The highest BCUT2D eigenvalue weighted by molar-refractivity contribution is 7.91. The van der Waals surface area contributed by atoms with Crippen molar-refractivity contribution in [3.63, 3.8) is 0 Å². The van der Waals surface area contributed by atoms with Crippen LogP contribution in [0.1, 0.15) is 37.9 Å². The van der Waals surface area contributed by atoms with E-state index in [1.54, 1.807) is 30.0 Å². The van der Waals surface area contributed by atoms with E-state index in [1.807, 2.05) is 6.07 Å².